The summed E-state index contributed by atoms with van der Waals surface area (Å²) < 4.78 is 9.76. The third kappa shape index (κ3) is 2.83. The van der Waals surface area contributed by atoms with E-state index in [1.165, 1.54) is 44.6 Å². The first kappa shape index (κ1) is 18.2. The molecule has 2 bridgehead atoms. The molecule has 3 aliphatic rings. The second-order valence-corrected chi connectivity index (χ2v) is 8.47. The Kier molecular flexibility index (Phi) is 4.34. The van der Waals surface area contributed by atoms with Gasteiger partial charge >= 0.3 is 11.9 Å². The van der Waals surface area contributed by atoms with Crippen molar-refractivity contribution in [2.45, 2.75) is 31.2 Å². The molecule has 2 saturated carbocycles. The molecule has 150 valence electrons. The van der Waals surface area contributed by atoms with Gasteiger partial charge in [0.2, 0.25) is 0 Å². The standard InChI is InChI=1S/C24H25NO4/c1-28-23(26)14-5-3-13(4-6-14)22-21-16-8-7-15(11-16)20(21)18-12-17(24(27)29-2)9-10-19(18)25-22/h3-6,9-10,12,15-16,20-22,25H,7-8,11H2,1-2H3. The van der Waals surface area contributed by atoms with E-state index in [0.717, 1.165) is 5.69 Å². The summed E-state index contributed by atoms with van der Waals surface area (Å²) in [5, 5.41) is 3.75. The SMILES string of the molecule is COC(=O)c1ccc(C2Nc3ccc(C(=O)OC)cc3C3C4CCC(C4)C23)cc1. The number of fused-ring (bicyclic) bond motifs is 7. The highest BCUT2D eigenvalue weighted by Gasteiger charge is 2.53. The molecule has 0 aromatic heterocycles. The molecule has 5 atom stereocenters. The van der Waals surface area contributed by atoms with Crippen LogP contribution in [0.25, 0.3) is 0 Å². The first-order chi connectivity index (χ1) is 14.1. The van der Waals surface area contributed by atoms with E-state index in [2.05, 4.69) is 5.32 Å². The molecule has 1 N–H and O–H groups in total. The Morgan fingerprint density at radius 2 is 1.55 bits per heavy atom. The summed E-state index contributed by atoms with van der Waals surface area (Å²) in [5.74, 6) is 1.73. The van der Waals surface area contributed by atoms with Crippen LogP contribution in [0.2, 0.25) is 0 Å². The largest absolute Gasteiger partial charge is 0.465 e. The van der Waals surface area contributed by atoms with Crippen molar-refractivity contribution in [2.75, 3.05) is 19.5 Å². The maximum Gasteiger partial charge on any atom is 0.337 e. The average molecular weight is 391 g/mol. The molecule has 1 aliphatic heterocycles. The molecule has 2 aromatic rings. The van der Waals surface area contributed by atoms with Gasteiger partial charge in [0.05, 0.1) is 31.4 Å². The van der Waals surface area contributed by atoms with Crippen LogP contribution in [0.1, 0.15) is 63.1 Å². The molecule has 0 amide bonds. The van der Waals surface area contributed by atoms with Crippen molar-refractivity contribution >= 4 is 17.6 Å². The van der Waals surface area contributed by atoms with Gasteiger partial charge in [-0.1, -0.05) is 12.1 Å². The van der Waals surface area contributed by atoms with Crippen LogP contribution in [0.5, 0.6) is 0 Å². The van der Waals surface area contributed by atoms with Crippen LogP contribution in [-0.4, -0.2) is 26.2 Å². The van der Waals surface area contributed by atoms with E-state index in [4.69, 9.17) is 9.47 Å². The summed E-state index contributed by atoms with van der Waals surface area (Å²) in [6.07, 6.45) is 3.80. The lowest BCUT2D eigenvalue weighted by molar-refractivity contribution is 0.0591. The number of hydrogen-bond acceptors (Lipinski definition) is 5. The molecule has 29 heavy (non-hydrogen) atoms. The van der Waals surface area contributed by atoms with Crippen LogP contribution in [0.15, 0.2) is 42.5 Å². The van der Waals surface area contributed by atoms with Crippen LogP contribution < -0.4 is 5.32 Å². The van der Waals surface area contributed by atoms with Crippen LogP contribution >= 0.6 is 0 Å². The number of benzene rings is 2. The smallest absolute Gasteiger partial charge is 0.337 e. The van der Waals surface area contributed by atoms with Crippen molar-refractivity contribution < 1.29 is 19.1 Å². The number of hydrogen-bond donors (Lipinski definition) is 1. The van der Waals surface area contributed by atoms with Crippen LogP contribution in [0.4, 0.5) is 5.69 Å². The maximum absolute atomic E-state index is 12.1. The fraction of sp³-hybridized carbons (Fsp3) is 0.417. The highest BCUT2D eigenvalue weighted by atomic mass is 16.5. The second kappa shape index (κ2) is 6.90. The number of ether oxygens (including phenoxy) is 2. The van der Waals surface area contributed by atoms with Gasteiger partial charge < -0.3 is 14.8 Å². The molecule has 1 heterocycles. The summed E-state index contributed by atoms with van der Waals surface area (Å²) in [7, 11) is 2.83. The first-order valence-electron chi connectivity index (χ1n) is 10.3. The quantitative estimate of drug-likeness (QED) is 0.778. The van der Waals surface area contributed by atoms with Gasteiger partial charge in [0, 0.05) is 5.69 Å². The Balaban J connectivity index is 1.54. The number of carbonyl (C=O) groups excluding carboxylic acids is 2. The summed E-state index contributed by atoms with van der Waals surface area (Å²) >= 11 is 0. The first-order valence-corrected chi connectivity index (χ1v) is 10.3. The Labute approximate surface area is 170 Å². The van der Waals surface area contributed by atoms with E-state index in [1.54, 1.807) is 0 Å². The Hall–Kier alpha value is -2.82. The molecule has 5 nitrogen and oxygen atoms in total. The number of methoxy groups -OCH3 is 2. The summed E-state index contributed by atoms with van der Waals surface area (Å²) in [6, 6.07) is 13.9. The van der Waals surface area contributed by atoms with Gasteiger partial charge in [-0.2, -0.15) is 0 Å². The van der Waals surface area contributed by atoms with Crippen LogP contribution in [0, 0.1) is 17.8 Å². The number of esters is 2. The van der Waals surface area contributed by atoms with Gasteiger partial charge in [-0.15, -0.1) is 0 Å². The minimum Gasteiger partial charge on any atom is -0.465 e. The Bertz CT molecular complexity index is 967. The topological polar surface area (TPSA) is 64.6 Å². The van der Waals surface area contributed by atoms with Crippen molar-refractivity contribution in [3.63, 3.8) is 0 Å². The molecule has 5 rings (SSSR count). The van der Waals surface area contributed by atoms with Crippen molar-refractivity contribution in [1.29, 1.82) is 0 Å². The molecule has 5 heteroatoms. The molecule has 5 unspecified atom stereocenters. The maximum atomic E-state index is 12.1. The Morgan fingerprint density at radius 3 is 2.28 bits per heavy atom. The second-order valence-electron chi connectivity index (χ2n) is 8.47. The summed E-state index contributed by atoms with van der Waals surface area (Å²) in [4.78, 5) is 23.9. The highest BCUT2D eigenvalue weighted by Crippen LogP contribution is 2.63. The van der Waals surface area contributed by atoms with Crippen molar-refractivity contribution in [2.24, 2.45) is 17.8 Å². The number of nitrogens with one attached hydrogen (secondary N) is 1. The zero-order valence-electron chi connectivity index (χ0n) is 16.7. The lowest BCUT2D eigenvalue weighted by Crippen LogP contribution is -2.35. The molecule has 2 aliphatic carbocycles. The molecule has 2 aromatic carbocycles. The molecular weight excluding hydrogens is 366 g/mol. The molecule has 0 spiro atoms. The minimum atomic E-state index is -0.313. The van der Waals surface area contributed by atoms with E-state index in [1.807, 2.05) is 42.5 Å². The summed E-state index contributed by atoms with van der Waals surface area (Å²) in [6.45, 7) is 0. The molecule has 0 saturated heterocycles. The van der Waals surface area contributed by atoms with E-state index in [-0.39, 0.29) is 18.0 Å². The van der Waals surface area contributed by atoms with Crippen molar-refractivity contribution in [3.05, 3.63) is 64.7 Å². The van der Waals surface area contributed by atoms with Crippen LogP contribution in [0.3, 0.4) is 0 Å². The lowest BCUT2D eigenvalue weighted by Gasteiger charge is -2.43. The lowest BCUT2D eigenvalue weighted by atomic mass is 9.68. The van der Waals surface area contributed by atoms with Crippen molar-refractivity contribution in [3.8, 4) is 0 Å². The van der Waals surface area contributed by atoms with E-state index >= 15 is 0 Å². The normalized spacial score (nSPS) is 28.8. The number of rotatable bonds is 3. The van der Waals surface area contributed by atoms with Gasteiger partial charge in [-0.3, -0.25) is 0 Å². The minimum absolute atomic E-state index is 0.207. The van der Waals surface area contributed by atoms with Gasteiger partial charge in [0.15, 0.2) is 0 Å². The van der Waals surface area contributed by atoms with E-state index in [9.17, 15) is 9.59 Å². The van der Waals surface area contributed by atoms with Crippen LogP contribution in [-0.2, 0) is 9.47 Å². The van der Waals surface area contributed by atoms with E-state index in [0.29, 0.717) is 34.8 Å². The monoisotopic (exact) mass is 391 g/mol. The van der Waals surface area contributed by atoms with Gasteiger partial charge in [-0.05, 0) is 84.4 Å². The fourth-order valence-corrected chi connectivity index (χ4v) is 6.01. The van der Waals surface area contributed by atoms with Gasteiger partial charge in [0.25, 0.3) is 0 Å². The Morgan fingerprint density at radius 1 is 0.897 bits per heavy atom. The summed E-state index contributed by atoms with van der Waals surface area (Å²) in [5.41, 5.74) is 4.75. The van der Waals surface area contributed by atoms with Gasteiger partial charge in [-0.25, -0.2) is 9.59 Å². The zero-order valence-corrected chi connectivity index (χ0v) is 16.7. The molecule has 2 fully saturated rings. The third-order valence-electron chi connectivity index (χ3n) is 7.20. The predicted molar refractivity (Wildman–Crippen MR) is 109 cm³/mol. The average Bonchev–Trinajstić information content (AvgIpc) is 3.40. The molecular formula is C24H25NO4. The number of anilines is 1. The van der Waals surface area contributed by atoms with Gasteiger partial charge in [0.1, 0.15) is 0 Å². The zero-order chi connectivity index (χ0) is 20.1. The van der Waals surface area contributed by atoms with E-state index < -0.39 is 0 Å². The van der Waals surface area contributed by atoms with Crippen molar-refractivity contribution in [1.82, 2.24) is 0 Å². The molecule has 0 radical (unpaired) electrons. The fourth-order valence-electron chi connectivity index (χ4n) is 6.01. The third-order valence-corrected chi connectivity index (χ3v) is 7.20. The predicted octanol–water partition coefficient (Wildman–Crippen LogP) is 4.56. The highest BCUT2D eigenvalue weighted by molar-refractivity contribution is 5.90. The number of carbonyl (C=O) groups is 2.